The van der Waals surface area contributed by atoms with Crippen LogP contribution in [-0.4, -0.2) is 16.1 Å². The summed E-state index contributed by atoms with van der Waals surface area (Å²) in [6.07, 6.45) is 1.74. The van der Waals surface area contributed by atoms with Crippen LogP contribution in [0.4, 0.5) is 11.6 Å². The highest BCUT2D eigenvalue weighted by Crippen LogP contribution is 2.14. The molecule has 11 heavy (non-hydrogen) atoms. The van der Waals surface area contributed by atoms with Gasteiger partial charge in [0.2, 0.25) is 0 Å². The molecule has 1 aromatic heterocycles. The fourth-order valence-electron chi connectivity index (χ4n) is 0.947. The maximum Gasteiger partial charge on any atom is 0.168 e. The lowest BCUT2D eigenvalue weighted by Gasteiger charge is -2.01. The average molecular weight is 154 g/mol. The van der Waals surface area contributed by atoms with E-state index in [0.29, 0.717) is 5.82 Å². The second-order valence-corrected chi connectivity index (χ2v) is 2.29. The smallest absolute Gasteiger partial charge is 0.168 e. The van der Waals surface area contributed by atoms with E-state index in [1.165, 1.54) is 0 Å². The largest absolute Gasteiger partial charge is 0.382 e. The van der Waals surface area contributed by atoms with Crippen LogP contribution in [0, 0.1) is 0 Å². The Bertz CT molecular complexity index is 228. The maximum absolute atomic E-state index is 5.74. The topological polar surface area (TPSA) is 55.9 Å². The van der Waals surface area contributed by atoms with Crippen LogP contribution >= 0.6 is 0 Å². The molecule has 0 aliphatic carbocycles. The lowest BCUT2D eigenvalue weighted by atomic mass is 10.6. The molecular formula is C7H14N4. The Labute approximate surface area is 66.4 Å². The molecule has 3 N–H and O–H groups in total. The van der Waals surface area contributed by atoms with E-state index >= 15 is 0 Å². The van der Waals surface area contributed by atoms with Crippen molar-refractivity contribution in [2.24, 2.45) is 0 Å². The summed E-state index contributed by atoms with van der Waals surface area (Å²) in [5.41, 5.74) is 5.74. The van der Waals surface area contributed by atoms with Crippen molar-refractivity contribution in [3.05, 3.63) is 6.33 Å². The van der Waals surface area contributed by atoms with Gasteiger partial charge in [0.25, 0.3) is 0 Å². The molecule has 1 rings (SSSR count). The number of hydrogen-bond acceptors (Lipinski definition) is 3. The second kappa shape index (κ2) is 3.27. The van der Waals surface area contributed by atoms with E-state index in [1.54, 1.807) is 6.33 Å². The normalized spacial score (nSPS) is 10.0. The van der Waals surface area contributed by atoms with Gasteiger partial charge in [-0.05, 0) is 13.8 Å². The number of aromatic nitrogens is 2. The first-order valence-corrected chi connectivity index (χ1v) is 3.84. The minimum Gasteiger partial charge on any atom is -0.382 e. The van der Waals surface area contributed by atoms with Crippen LogP contribution in [0.3, 0.4) is 0 Å². The van der Waals surface area contributed by atoms with Gasteiger partial charge in [0, 0.05) is 13.1 Å². The molecule has 1 heterocycles. The summed E-state index contributed by atoms with van der Waals surface area (Å²) in [6.45, 7) is 5.77. The Morgan fingerprint density at radius 1 is 1.64 bits per heavy atom. The fourth-order valence-corrected chi connectivity index (χ4v) is 0.947. The Kier molecular flexibility index (Phi) is 2.36. The summed E-state index contributed by atoms with van der Waals surface area (Å²) in [5, 5.41) is 3.07. The summed E-state index contributed by atoms with van der Waals surface area (Å²) in [7, 11) is 0. The molecule has 0 saturated heterocycles. The van der Waals surface area contributed by atoms with Crippen LogP contribution in [0.2, 0.25) is 0 Å². The van der Waals surface area contributed by atoms with Crippen molar-refractivity contribution in [3.63, 3.8) is 0 Å². The highest BCUT2D eigenvalue weighted by Gasteiger charge is 2.02. The molecule has 0 atom stereocenters. The van der Waals surface area contributed by atoms with Gasteiger partial charge in [0.1, 0.15) is 5.82 Å². The third-order valence-electron chi connectivity index (χ3n) is 1.56. The van der Waals surface area contributed by atoms with Gasteiger partial charge in [-0.15, -0.1) is 0 Å². The van der Waals surface area contributed by atoms with Gasteiger partial charge in [-0.1, -0.05) is 0 Å². The monoisotopic (exact) mass is 154 g/mol. The van der Waals surface area contributed by atoms with Crippen LogP contribution in [0.5, 0.6) is 0 Å². The molecule has 0 aliphatic rings. The minimum atomic E-state index is 0.717. The van der Waals surface area contributed by atoms with Crippen molar-refractivity contribution in [2.75, 3.05) is 17.6 Å². The first kappa shape index (κ1) is 7.91. The number of nitrogens with two attached hydrogens (primary N) is 1. The summed E-state index contributed by atoms with van der Waals surface area (Å²) < 4.78 is 1.90. The zero-order valence-corrected chi connectivity index (χ0v) is 6.96. The SMILES string of the molecule is CCNc1ncn(CC)c1N. The minimum absolute atomic E-state index is 0.717. The van der Waals surface area contributed by atoms with E-state index in [9.17, 15) is 0 Å². The van der Waals surface area contributed by atoms with Gasteiger partial charge in [-0.25, -0.2) is 4.98 Å². The number of nitrogen functional groups attached to an aromatic ring is 1. The van der Waals surface area contributed by atoms with E-state index in [-0.39, 0.29) is 0 Å². The zero-order chi connectivity index (χ0) is 8.27. The van der Waals surface area contributed by atoms with E-state index in [0.717, 1.165) is 18.9 Å². The number of anilines is 2. The van der Waals surface area contributed by atoms with Gasteiger partial charge >= 0.3 is 0 Å². The van der Waals surface area contributed by atoms with E-state index in [2.05, 4.69) is 10.3 Å². The van der Waals surface area contributed by atoms with Crippen LogP contribution < -0.4 is 11.1 Å². The molecule has 0 bridgehead atoms. The average Bonchev–Trinajstić information content (AvgIpc) is 2.34. The molecule has 0 radical (unpaired) electrons. The Balaban J connectivity index is 2.82. The van der Waals surface area contributed by atoms with Crippen molar-refractivity contribution in [3.8, 4) is 0 Å². The summed E-state index contributed by atoms with van der Waals surface area (Å²) in [6, 6.07) is 0. The summed E-state index contributed by atoms with van der Waals surface area (Å²) in [4.78, 5) is 4.10. The molecule has 0 aliphatic heterocycles. The Morgan fingerprint density at radius 2 is 2.36 bits per heavy atom. The standard InChI is InChI=1S/C7H14N4/c1-3-9-7-6(8)11(4-2)5-10-7/h5,9H,3-4,8H2,1-2H3. The van der Waals surface area contributed by atoms with Gasteiger partial charge in [-0.2, -0.15) is 0 Å². The molecule has 62 valence electrons. The maximum atomic E-state index is 5.74. The molecule has 4 nitrogen and oxygen atoms in total. The number of hydrogen-bond donors (Lipinski definition) is 2. The second-order valence-electron chi connectivity index (χ2n) is 2.29. The van der Waals surface area contributed by atoms with Crippen molar-refractivity contribution in [1.29, 1.82) is 0 Å². The number of imidazole rings is 1. The lowest BCUT2D eigenvalue weighted by Crippen LogP contribution is -2.03. The fraction of sp³-hybridized carbons (Fsp3) is 0.571. The third-order valence-corrected chi connectivity index (χ3v) is 1.56. The Morgan fingerprint density at radius 3 is 2.82 bits per heavy atom. The zero-order valence-electron chi connectivity index (χ0n) is 6.96. The van der Waals surface area contributed by atoms with Crippen LogP contribution in [-0.2, 0) is 6.54 Å². The van der Waals surface area contributed by atoms with E-state index in [4.69, 9.17) is 5.73 Å². The van der Waals surface area contributed by atoms with Crippen molar-refractivity contribution in [2.45, 2.75) is 20.4 Å². The molecule has 0 fully saturated rings. The van der Waals surface area contributed by atoms with Crippen LogP contribution in [0.25, 0.3) is 0 Å². The number of aryl methyl sites for hydroxylation is 1. The highest BCUT2D eigenvalue weighted by molar-refractivity contribution is 5.56. The highest BCUT2D eigenvalue weighted by atomic mass is 15.2. The molecule has 0 amide bonds. The van der Waals surface area contributed by atoms with Crippen molar-refractivity contribution < 1.29 is 0 Å². The van der Waals surface area contributed by atoms with Crippen LogP contribution in [0.1, 0.15) is 13.8 Å². The number of rotatable bonds is 3. The number of nitrogens with one attached hydrogen (secondary N) is 1. The molecule has 0 aromatic carbocycles. The van der Waals surface area contributed by atoms with Crippen molar-refractivity contribution in [1.82, 2.24) is 9.55 Å². The van der Waals surface area contributed by atoms with Crippen molar-refractivity contribution >= 4 is 11.6 Å². The molecule has 0 unspecified atom stereocenters. The molecule has 0 saturated carbocycles. The molecular weight excluding hydrogens is 140 g/mol. The molecule has 0 spiro atoms. The van der Waals surface area contributed by atoms with Gasteiger partial charge in [-0.3, -0.25) is 0 Å². The predicted octanol–water partition coefficient (Wildman–Crippen LogP) is 0.917. The quantitative estimate of drug-likeness (QED) is 0.680. The van der Waals surface area contributed by atoms with E-state index in [1.807, 2.05) is 18.4 Å². The summed E-state index contributed by atoms with van der Waals surface area (Å²) >= 11 is 0. The third kappa shape index (κ3) is 1.45. The number of nitrogens with zero attached hydrogens (tertiary/aromatic N) is 2. The van der Waals surface area contributed by atoms with Gasteiger partial charge in [0.15, 0.2) is 5.82 Å². The first-order chi connectivity index (χ1) is 5.29. The van der Waals surface area contributed by atoms with Crippen LogP contribution in [0.15, 0.2) is 6.33 Å². The Hall–Kier alpha value is -1.19. The summed E-state index contributed by atoms with van der Waals surface area (Å²) in [5.74, 6) is 1.50. The first-order valence-electron chi connectivity index (χ1n) is 3.84. The van der Waals surface area contributed by atoms with E-state index < -0.39 is 0 Å². The van der Waals surface area contributed by atoms with Gasteiger partial charge in [0.05, 0.1) is 6.33 Å². The molecule has 1 aromatic rings. The molecule has 4 heteroatoms. The predicted molar refractivity (Wildman–Crippen MR) is 46.5 cm³/mol. The lowest BCUT2D eigenvalue weighted by molar-refractivity contribution is 0.771. The van der Waals surface area contributed by atoms with Gasteiger partial charge < -0.3 is 15.6 Å².